The van der Waals surface area contributed by atoms with Crippen molar-refractivity contribution in [1.29, 1.82) is 0 Å². The van der Waals surface area contributed by atoms with E-state index in [9.17, 15) is 4.79 Å². The number of nitrogens with one attached hydrogen (secondary N) is 1. The van der Waals surface area contributed by atoms with Crippen LogP contribution in [-0.2, 0) is 19.4 Å². The van der Waals surface area contributed by atoms with Gasteiger partial charge in [0.05, 0.1) is 12.3 Å². The van der Waals surface area contributed by atoms with Gasteiger partial charge in [0.15, 0.2) is 11.7 Å². The lowest BCUT2D eigenvalue weighted by molar-refractivity contribution is 0.102. The molecule has 0 saturated carbocycles. The number of rotatable bonds is 7. The molecule has 1 N–H and O–H groups in total. The van der Waals surface area contributed by atoms with Gasteiger partial charge in [-0.25, -0.2) is 4.98 Å². The van der Waals surface area contributed by atoms with Crippen molar-refractivity contribution in [2.75, 3.05) is 11.9 Å². The van der Waals surface area contributed by atoms with Crippen LogP contribution >= 0.6 is 11.3 Å². The molecule has 2 aromatic carbocycles. The van der Waals surface area contributed by atoms with Crippen molar-refractivity contribution >= 4 is 22.4 Å². The standard InChI is InChI=1S/C23H20N4O4S/c1-2-21-25-20(27-31-21)12-30-17-6-3-14(4-7-17)22(28)26-23-24-18(13-32-23)15-5-8-19-16(11-15)9-10-29-19/h3-8,11,13H,2,9-10,12H2,1H3,(H,24,26,28). The normalized spacial score (nSPS) is 12.3. The minimum absolute atomic E-state index is 0.200. The molecule has 0 radical (unpaired) electrons. The summed E-state index contributed by atoms with van der Waals surface area (Å²) in [6.45, 7) is 2.86. The van der Waals surface area contributed by atoms with E-state index in [0.29, 0.717) is 34.6 Å². The SMILES string of the molecule is CCc1nc(COc2ccc(C(=O)Nc3nc(-c4ccc5c(c4)CCO5)cs3)cc2)no1. The lowest BCUT2D eigenvalue weighted by atomic mass is 10.1. The molecule has 3 heterocycles. The Morgan fingerprint density at radius 1 is 1.19 bits per heavy atom. The molecular weight excluding hydrogens is 428 g/mol. The van der Waals surface area contributed by atoms with Gasteiger partial charge in [0, 0.05) is 29.3 Å². The second kappa shape index (κ2) is 8.80. The van der Waals surface area contributed by atoms with E-state index in [0.717, 1.165) is 30.0 Å². The van der Waals surface area contributed by atoms with Gasteiger partial charge in [0.2, 0.25) is 11.7 Å². The predicted octanol–water partition coefficient (Wildman–Crippen LogP) is 4.52. The summed E-state index contributed by atoms with van der Waals surface area (Å²) >= 11 is 1.39. The summed E-state index contributed by atoms with van der Waals surface area (Å²) in [5.74, 6) is 2.38. The van der Waals surface area contributed by atoms with Gasteiger partial charge in [-0.3, -0.25) is 10.1 Å². The first-order valence-electron chi connectivity index (χ1n) is 10.3. The molecule has 0 bridgehead atoms. The number of amides is 1. The Balaban J connectivity index is 1.20. The van der Waals surface area contributed by atoms with Crippen molar-refractivity contribution in [3.63, 3.8) is 0 Å². The molecule has 1 aliphatic rings. The maximum atomic E-state index is 12.6. The molecule has 8 nitrogen and oxygen atoms in total. The summed E-state index contributed by atoms with van der Waals surface area (Å²) in [7, 11) is 0. The summed E-state index contributed by atoms with van der Waals surface area (Å²) in [4.78, 5) is 21.4. The minimum atomic E-state index is -0.231. The average molecular weight is 449 g/mol. The van der Waals surface area contributed by atoms with E-state index in [2.05, 4.69) is 26.5 Å². The molecule has 0 spiro atoms. The van der Waals surface area contributed by atoms with Crippen molar-refractivity contribution in [1.82, 2.24) is 15.1 Å². The lowest BCUT2D eigenvalue weighted by Gasteiger charge is -2.05. The Bertz CT molecular complexity index is 1250. The monoisotopic (exact) mass is 448 g/mol. The van der Waals surface area contributed by atoms with Crippen LogP contribution < -0.4 is 14.8 Å². The zero-order chi connectivity index (χ0) is 21.9. The Hall–Kier alpha value is -3.72. The van der Waals surface area contributed by atoms with Crippen LogP contribution in [0.4, 0.5) is 5.13 Å². The predicted molar refractivity (Wildman–Crippen MR) is 119 cm³/mol. The molecular formula is C23H20N4O4S. The molecule has 2 aromatic heterocycles. The van der Waals surface area contributed by atoms with Crippen molar-refractivity contribution in [2.45, 2.75) is 26.4 Å². The Morgan fingerprint density at radius 3 is 2.88 bits per heavy atom. The molecule has 4 aromatic rings. The summed E-state index contributed by atoms with van der Waals surface area (Å²) in [5, 5.41) is 9.19. The number of hydrogen-bond acceptors (Lipinski definition) is 8. The summed E-state index contributed by atoms with van der Waals surface area (Å²) in [6, 6.07) is 12.9. The summed E-state index contributed by atoms with van der Waals surface area (Å²) in [5.41, 5.74) is 3.54. The first-order chi connectivity index (χ1) is 15.7. The highest BCUT2D eigenvalue weighted by Crippen LogP contribution is 2.32. The minimum Gasteiger partial charge on any atom is -0.493 e. The van der Waals surface area contributed by atoms with Crippen LogP contribution in [0.3, 0.4) is 0 Å². The fraction of sp³-hybridized carbons (Fsp3) is 0.217. The number of fused-ring (bicyclic) bond motifs is 1. The highest BCUT2D eigenvalue weighted by molar-refractivity contribution is 7.14. The first-order valence-corrected chi connectivity index (χ1v) is 11.1. The zero-order valence-corrected chi connectivity index (χ0v) is 18.1. The van der Waals surface area contributed by atoms with E-state index in [1.165, 1.54) is 16.9 Å². The van der Waals surface area contributed by atoms with Crippen LogP contribution in [-0.4, -0.2) is 27.6 Å². The van der Waals surface area contributed by atoms with E-state index < -0.39 is 0 Å². The number of carbonyl (C=O) groups is 1. The molecule has 5 rings (SSSR count). The van der Waals surface area contributed by atoms with Gasteiger partial charge < -0.3 is 14.0 Å². The topological polar surface area (TPSA) is 99.4 Å². The molecule has 0 atom stereocenters. The van der Waals surface area contributed by atoms with Crippen LogP contribution in [0.1, 0.15) is 34.6 Å². The van der Waals surface area contributed by atoms with E-state index in [-0.39, 0.29) is 12.5 Å². The van der Waals surface area contributed by atoms with Gasteiger partial charge >= 0.3 is 0 Å². The van der Waals surface area contributed by atoms with Crippen LogP contribution in [0.15, 0.2) is 52.4 Å². The maximum absolute atomic E-state index is 12.6. The number of nitrogens with zero attached hydrogens (tertiary/aromatic N) is 3. The van der Waals surface area contributed by atoms with Gasteiger partial charge in [0.25, 0.3) is 5.91 Å². The zero-order valence-electron chi connectivity index (χ0n) is 17.3. The van der Waals surface area contributed by atoms with Gasteiger partial charge in [-0.15, -0.1) is 11.3 Å². The molecule has 9 heteroatoms. The fourth-order valence-corrected chi connectivity index (χ4v) is 4.04. The molecule has 162 valence electrons. The Morgan fingerprint density at radius 2 is 2.06 bits per heavy atom. The van der Waals surface area contributed by atoms with Crippen LogP contribution in [0.2, 0.25) is 0 Å². The van der Waals surface area contributed by atoms with Gasteiger partial charge in [-0.1, -0.05) is 12.1 Å². The molecule has 1 aliphatic heterocycles. The summed E-state index contributed by atoms with van der Waals surface area (Å²) in [6.07, 6.45) is 1.59. The van der Waals surface area contributed by atoms with E-state index in [1.54, 1.807) is 24.3 Å². The largest absolute Gasteiger partial charge is 0.493 e. The van der Waals surface area contributed by atoms with Crippen LogP contribution in [0.25, 0.3) is 11.3 Å². The maximum Gasteiger partial charge on any atom is 0.257 e. The quantitative estimate of drug-likeness (QED) is 0.444. The number of anilines is 1. The third-order valence-corrected chi connectivity index (χ3v) is 5.76. The van der Waals surface area contributed by atoms with Crippen LogP contribution in [0, 0.1) is 0 Å². The smallest absolute Gasteiger partial charge is 0.257 e. The van der Waals surface area contributed by atoms with Crippen molar-refractivity contribution in [3.8, 4) is 22.8 Å². The fourth-order valence-electron chi connectivity index (χ4n) is 3.32. The molecule has 32 heavy (non-hydrogen) atoms. The highest BCUT2D eigenvalue weighted by atomic mass is 32.1. The van der Waals surface area contributed by atoms with Crippen LogP contribution in [0.5, 0.6) is 11.5 Å². The number of aromatic nitrogens is 3. The Labute approximate surface area is 188 Å². The van der Waals surface area contributed by atoms with Gasteiger partial charge in [0.1, 0.15) is 11.5 Å². The molecule has 0 unspecified atom stereocenters. The third kappa shape index (κ3) is 4.33. The van der Waals surface area contributed by atoms with Gasteiger partial charge in [-0.2, -0.15) is 4.98 Å². The molecule has 0 aliphatic carbocycles. The number of aryl methyl sites for hydroxylation is 1. The third-order valence-electron chi connectivity index (χ3n) is 5.01. The number of benzene rings is 2. The molecule has 1 amide bonds. The lowest BCUT2D eigenvalue weighted by Crippen LogP contribution is -2.11. The number of thiazole rings is 1. The van der Waals surface area contributed by atoms with Crippen molar-refractivity contribution in [3.05, 3.63) is 70.7 Å². The first kappa shape index (κ1) is 20.2. The molecule has 0 saturated heterocycles. The second-order valence-electron chi connectivity index (χ2n) is 7.18. The Kier molecular flexibility index (Phi) is 5.55. The van der Waals surface area contributed by atoms with Crippen molar-refractivity contribution < 1.29 is 18.8 Å². The number of ether oxygens (including phenoxy) is 2. The van der Waals surface area contributed by atoms with Gasteiger partial charge in [-0.05, 0) is 48.0 Å². The highest BCUT2D eigenvalue weighted by Gasteiger charge is 2.15. The molecule has 0 fully saturated rings. The second-order valence-corrected chi connectivity index (χ2v) is 8.04. The number of hydrogen-bond donors (Lipinski definition) is 1. The van der Waals surface area contributed by atoms with E-state index in [4.69, 9.17) is 14.0 Å². The average Bonchev–Trinajstić information content (AvgIpc) is 3.58. The number of carbonyl (C=O) groups excluding carboxylic acids is 1. The van der Waals surface area contributed by atoms with E-state index >= 15 is 0 Å². The van der Waals surface area contributed by atoms with E-state index in [1.807, 2.05) is 24.4 Å². The van der Waals surface area contributed by atoms with Crippen molar-refractivity contribution in [2.24, 2.45) is 0 Å². The summed E-state index contributed by atoms with van der Waals surface area (Å²) < 4.78 is 16.3.